The van der Waals surface area contributed by atoms with Gasteiger partial charge < -0.3 is 0 Å². The second-order valence-electron chi connectivity index (χ2n) is 12.5. The molecule has 1 aliphatic heterocycles. The van der Waals surface area contributed by atoms with E-state index in [1.165, 1.54) is 58.8 Å². The standard InChI is InChI=1S/C33H33NS/c1-32(2,3)18-22-12-9-11-21-17-27-29-24(28(21)22)14-15-34-30(29)25-16-20-10-7-8-13-23(20)26(31(25)35-27)19-33(4,5)6/h7-17H,18-19H2,1-6H3. The van der Waals surface area contributed by atoms with Crippen LogP contribution in [0.5, 0.6) is 0 Å². The fourth-order valence-electron chi connectivity index (χ4n) is 5.72. The molecule has 176 valence electrons. The molecule has 0 amide bonds. The Labute approximate surface area is 213 Å². The highest BCUT2D eigenvalue weighted by molar-refractivity contribution is 8.00. The number of benzene rings is 4. The predicted molar refractivity (Wildman–Crippen MR) is 153 cm³/mol. The average Bonchev–Trinajstić information content (AvgIpc) is 2.78. The lowest BCUT2D eigenvalue weighted by molar-refractivity contribution is 0.410. The largest absolute Gasteiger partial charge is 0.256 e. The third-order valence-electron chi connectivity index (χ3n) is 6.94. The van der Waals surface area contributed by atoms with Gasteiger partial charge in [0.1, 0.15) is 0 Å². The molecule has 0 aliphatic carbocycles. The molecular weight excluding hydrogens is 442 g/mol. The van der Waals surface area contributed by atoms with E-state index in [0.717, 1.165) is 18.5 Å². The van der Waals surface area contributed by atoms with E-state index in [-0.39, 0.29) is 10.8 Å². The van der Waals surface area contributed by atoms with E-state index in [4.69, 9.17) is 4.98 Å². The lowest BCUT2D eigenvalue weighted by Gasteiger charge is -2.28. The molecule has 5 aromatic rings. The Hall–Kier alpha value is -2.84. The van der Waals surface area contributed by atoms with Crippen molar-refractivity contribution in [3.63, 3.8) is 0 Å². The third kappa shape index (κ3) is 3.93. The first kappa shape index (κ1) is 22.6. The molecule has 2 heterocycles. The monoisotopic (exact) mass is 475 g/mol. The van der Waals surface area contributed by atoms with Crippen molar-refractivity contribution in [2.24, 2.45) is 10.8 Å². The maximum atomic E-state index is 5.02. The molecule has 0 saturated carbocycles. The lowest BCUT2D eigenvalue weighted by Crippen LogP contribution is -2.12. The summed E-state index contributed by atoms with van der Waals surface area (Å²) in [6, 6.07) is 22.7. The highest BCUT2D eigenvalue weighted by atomic mass is 32.2. The first-order valence-corrected chi connectivity index (χ1v) is 13.5. The number of nitrogens with zero attached hydrogens (tertiary/aromatic N) is 1. The van der Waals surface area contributed by atoms with E-state index in [0.29, 0.717) is 0 Å². The number of hydrogen-bond acceptors (Lipinski definition) is 2. The van der Waals surface area contributed by atoms with Crippen molar-refractivity contribution in [1.82, 2.24) is 4.98 Å². The maximum Gasteiger partial charge on any atom is 0.0803 e. The van der Waals surface area contributed by atoms with Crippen LogP contribution in [0, 0.1) is 10.8 Å². The first-order chi connectivity index (χ1) is 16.6. The van der Waals surface area contributed by atoms with Gasteiger partial charge >= 0.3 is 0 Å². The summed E-state index contributed by atoms with van der Waals surface area (Å²) < 4.78 is 0. The fraction of sp³-hybridized carbons (Fsp3) is 0.303. The predicted octanol–water partition coefficient (Wildman–Crippen LogP) is 9.85. The minimum absolute atomic E-state index is 0.198. The van der Waals surface area contributed by atoms with Crippen LogP contribution in [0.2, 0.25) is 0 Å². The summed E-state index contributed by atoms with van der Waals surface area (Å²) in [5.41, 5.74) is 5.75. The SMILES string of the molecule is CC(C)(C)Cc1c2c(cc3ccccc13)-c1nccc3c1c(cc1cccc(CC(C)(C)C)c13)S2. The molecule has 0 unspecified atom stereocenters. The quantitative estimate of drug-likeness (QED) is 0.231. The van der Waals surface area contributed by atoms with Crippen molar-refractivity contribution in [1.29, 1.82) is 0 Å². The van der Waals surface area contributed by atoms with Gasteiger partial charge in [0.05, 0.1) is 5.69 Å². The van der Waals surface area contributed by atoms with E-state index in [1.807, 2.05) is 18.0 Å². The Kier molecular flexibility index (Phi) is 5.06. The van der Waals surface area contributed by atoms with Crippen LogP contribution in [0.25, 0.3) is 43.6 Å². The van der Waals surface area contributed by atoms with Crippen LogP contribution in [0.15, 0.2) is 76.7 Å². The van der Waals surface area contributed by atoms with Crippen molar-refractivity contribution in [3.8, 4) is 11.3 Å². The molecule has 0 atom stereocenters. The highest BCUT2D eigenvalue weighted by Crippen LogP contribution is 2.52. The second kappa shape index (κ2) is 7.83. The zero-order valence-corrected chi connectivity index (χ0v) is 22.4. The Bertz CT molecular complexity index is 1630. The summed E-state index contributed by atoms with van der Waals surface area (Å²) in [4.78, 5) is 7.74. The molecule has 35 heavy (non-hydrogen) atoms. The summed E-state index contributed by atoms with van der Waals surface area (Å²) >= 11 is 1.95. The first-order valence-electron chi connectivity index (χ1n) is 12.7. The molecule has 0 N–H and O–H groups in total. The van der Waals surface area contributed by atoms with Gasteiger partial charge in [0.25, 0.3) is 0 Å². The van der Waals surface area contributed by atoms with Gasteiger partial charge in [-0.15, -0.1) is 0 Å². The summed E-state index contributed by atoms with van der Waals surface area (Å²) in [6.07, 6.45) is 4.12. The molecule has 0 bridgehead atoms. The van der Waals surface area contributed by atoms with Crippen LogP contribution in [0.4, 0.5) is 0 Å². The third-order valence-corrected chi connectivity index (χ3v) is 8.15. The van der Waals surface area contributed by atoms with E-state index in [2.05, 4.69) is 102 Å². The Morgan fingerprint density at radius 2 is 1.46 bits per heavy atom. The molecule has 2 heteroatoms. The molecule has 0 radical (unpaired) electrons. The number of hydrogen-bond donors (Lipinski definition) is 0. The van der Waals surface area contributed by atoms with Crippen molar-refractivity contribution in [2.75, 3.05) is 0 Å². The molecule has 0 fully saturated rings. The number of rotatable bonds is 2. The van der Waals surface area contributed by atoms with E-state index in [1.54, 1.807) is 0 Å². The number of pyridine rings is 1. The second-order valence-corrected chi connectivity index (χ2v) is 13.6. The molecule has 0 saturated heterocycles. The van der Waals surface area contributed by atoms with E-state index >= 15 is 0 Å². The van der Waals surface area contributed by atoms with Gasteiger partial charge in [0, 0.05) is 26.9 Å². The number of fused-ring (bicyclic) bond motifs is 5. The normalized spacial score (nSPS) is 13.5. The molecule has 1 aromatic heterocycles. The van der Waals surface area contributed by atoms with Crippen molar-refractivity contribution < 1.29 is 0 Å². The van der Waals surface area contributed by atoms with Crippen molar-refractivity contribution in [3.05, 3.63) is 78.0 Å². The zero-order valence-electron chi connectivity index (χ0n) is 21.6. The lowest BCUT2D eigenvalue weighted by atomic mass is 9.83. The van der Waals surface area contributed by atoms with E-state index in [9.17, 15) is 0 Å². The highest BCUT2D eigenvalue weighted by Gasteiger charge is 2.28. The van der Waals surface area contributed by atoms with Gasteiger partial charge in [-0.2, -0.15) is 0 Å². The maximum absolute atomic E-state index is 5.02. The van der Waals surface area contributed by atoms with Crippen LogP contribution in [-0.4, -0.2) is 4.98 Å². The van der Waals surface area contributed by atoms with Gasteiger partial charge in [-0.05, 0) is 79.9 Å². The summed E-state index contributed by atoms with van der Waals surface area (Å²) in [7, 11) is 0. The van der Waals surface area contributed by atoms with Crippen LogP contribution < -0.4 is 0 Å². The Morgan fingerprint density at radius 3 is 2.23 bits per heavy atom. The number of aromatic nitrogens is 1. The molecule has 0 spiro atoms. The molecule has 1 aliphatic rings. The Morgan fingerprint density at radius 1 is 0.714 bits per heavy atom. The molecule has 1 nitrogen and oxygen atoms in total. The smallest absolute Gasteiger partial charge is 0.0803 e. The van der Waals surface area contributed by atoms with Crippen LogP contribution in [0.3, 0.4) is 0 Å². The topological polar surface area (TPSA) is 12.9 Å². The minimum atomic E-state index is 0.198. The van der Waals surface area contributed by atoms with Gasteiger partial charge in [-0.25, -0.2) is 0 Å². The summed E-state index contributed by atoms with van der Waals surface area (Å²) in [6.45, 7) is 14.0. The summed E-state index contributed by atoms with van der Waals surface area (Å²) in [5.74, 6) is 0. The Balaban J connectivity index is 1.70. The molecule has 6 rings (SSSR count). The summed E-state index contributed by atoms with van der Waals surface area (Å²) in [5, 5.41) is 8.06. The molecular formula is C33H33NS. The zero-order chi connectivity index (χ0) is 24.5. The van der Waals surface area contributed by atoms with Gasteiger partial charge in [0.15, 0.2) is 0 Å². The minimum Gasteiger partial charge on any atom is -0.256 e. The van der Waals surface area contributed by atoms with Crippen molar-refractivity contribution >= 4 is 44.1 Å². The van der Waals surface area contributed by atoms with Crippen LogP contribution in [-0.2, 0) is 12.8 Å². The van der Waals surface area contributed by atoms with Crippen molar-refractivity contribution in [2.45, 2.75) is 64.2 Å². The van der Waals surface area contributed by atoms with E-state index < -0.39 is 0 Å². The van der Waals surface area contributed by atoms with Gasteiger partial charge in [-0.1, -0.05) is 95.8 Å². The van der Waals surface area contributed by atoms with Gasteiger partial charge in [-0.3, -0.25) is 4.98 Å². The average molecular weight is 476 g/mol. The fourth-order valence-corrected chi connectivity index (χ4v) is 7.00. The molecule has 4 aromatic carbocycles. The van der Waals surface area contributed by atoms with Crippen LogP contribution >= 0.6 is 11.8 Å². The van der Waals surface area contributed by atoms with Gasteiger partial charge in [0.2, 0.25) is 0 Å². The van der Waals surface area contributed by atoms with Crippen LogP contribution in [0.1, 0.15) is 52.7 Å².